The summed E-state index contributed by atoms with van der Waals surface area (Å²) < 4.78 is 0. The third kappa shape index (κ3) is 2.15. The van der Waals surface area contributed by atoms with Gasteiger partial charge in [-0.3, -0.25) is 4.79 Å². The highest BCUT2D eigenvalue weighted by molar-refractivity contribution is 5.91. The molecule has 1 fully saturated rings. The predicted octanol–water partition coefficient (Wildman–Crippen LogP) is -0.371. The maximum Gasteiger partial charge on any atom is 0.276 e. The summed E-state index contributed by atoms with van der Waals surface area (Å²) >= 11 is 0. The van der Waals surface area contributed by atoms with E-state index in [1.54, 1.807) is 0 Å². The molecule has 2 rings (SSSR count). The van der Waals surface area contributed by atoms with Crippen molar-refractivity contribution in [2.45, 2.75) is 18.9 Å². The Bertz CT molecular complexity index is 315. The first-order valence-corrected chi connectivity index (χ1v) is 5.13. The molecule has 0 radical (unpaired) electrons. The van der Waals surface area contributed by atoms with Gasteiger partial charge < -0.3 is 10.2 Å². The van der Waals surface area contributed by atoms with E-state index >= 15 is 0 Å². The molecule has 0 saturated carbocycles. The van der Waals surface area contributed by atoms with Crippen LogP contribution in [0.5, 0.6) is 0 Å². The first-order valence-electron chi connectivity index (χ1n) is 5.13. The zero-order valence-corrected chi connectivity index (χ0v) is 8.73. The standard InChI is InChI=1S/C9H15N5O/c1-10-7-2-4-14(5-3-7)9(15)8-6-11-13-12-8/h6-7,10H,2-5H2,1H3,(H,11,12,13). The Morgan fingerprint density at radius 2 is 2.33 bits per heavy atom. The average Bonchev–Trinajstić information content (AvgIpc) is 2.82. The summed E-state index contributed by atoms with van der Waals surface area (Å²) in [6.07, 6.45) is 3.46. The van der Waals surface area contributed by atoms with E-state index in [0.717, 1.165) is 25.9 Å². The van der Waals surface area contributed by atoms with E-state index in [9.17, 15) is 4.79 Å². The van der Waals surface area contributed by atoms with Crippen molar-refractivity contribution in [3.05, 3.63) is 11.9 Å². The van der Waals surface area contributed by atoms with Crippen molar-refractivity contribution in [2.75, 3.05) is 20.1 Å². The lowest BCUT2D eigenvalue weighted by molar-refractivity contribution is 0.0701. The lowest BCUT2D eigenvalue weighted by Gasteiger charge is -2.31. The van der Waals surface area contributed by atoms with Crippen molar-refractivity contribution in [1.82, 2.24) is 25.6 Å². The molecule has 1 aromatic rings. The van der Waals surface area contributed by atoms with Crippen molar-refractivity contribution in [1.29, 1.82) is 0 Å². The minimum Gasteiger partial charge on any atom is -0.337 e. The summed E-state index contributed by atoms with van der Waals surface area (Å²) in [6, 6.07) is 0.534. The molecule has 0 spiro atoms. The van der Waals surface area contributed by atoms with Crippen LogP contribution in [-0.2, 0) is 0 Å². The molecule has 6 nitrogen and oxygen atoms in total. The minimum absolute atomic E-state index is 0.0293. The summed E-state index contributed by atoms with van der Waals surface area (Å²) in [5.74, 6) is -0.0293. The first-order chi connectivity index (χ1) is 7.31. The lowest BCUT2D eigenvalue weighted by atomic mass is 10.1. The normalized spacial score (nSPS) is 18.1. The third-order valence-corrected chi connectivity index (χ3v) is 2.82. The molecule has 1 saturated heterocycles. The Labute approximate surface area is 88.0 Å². The van der Waals surface area contributed by atoms with Crippen LogP contribution >= 0.6 is 0 Å². The minimum atomic E-state index is -0.0293. The second kappa shape index (κ2) is 4.39. The molecule has 0 atom stereocenters. The smallest absolute Gasteiger partial charge is 0.276 e. The number of hydrogen-bond donors (Lipinski definition) is 2. The van der Waals surface area contributed by atoms with Gasteiger partial charge in [0, 0.05) is 19.1 Å². The number of rotatable bonds is 2. The highest BCUT2D eigenvalue weighted by atomic mass is 16.2. The molecule has 1 aliphatic heterocycles. The van der Waals surface area contributed by atoms with Gasteiger partial charge in [0.05, 0.1) is 6.20 Å². The molecule has 0 aliphatic carbocycles. The van der Waals surface area contributed by atoms with Crippen LogP contribution in [0.1, 0.15) is 23.3 Å². The zero-order valence-electron chi connectivity index (χ0n) is 8.73. The van der Waals surface area contributed by atoms with E-state index in [4.69, 9.17) is 0 Å². The van der Waals surface area contributed by atoms with Gasteiger partial charge in [0.15, 0.2) is 5.69 Å². The third-order valence-electron chi connectivity index (χ3n) is 2.82. The van der Waals surface area contributed by atoms with Crippen LogP contribution in [0.25, 0.3) is 0 Å². The number of aromatic nitrogens is 3. The Morgan fingerprint density at radius 1 is 1.60 bits per heavy atom. The second-order valence-electron chi connectivity index (χ2n) is 3.71. The van der Waals surface area contributed by atoms with Gasteiger partial charge >= 0.3 is 0 Å². The van der Waals surface area contributed by atoms with Crippen LogP contribution in [0.2, 0.25) is 0 Å². The fraction of sp³-hybridized carbons (Fsp3) is 0.667. The molecule has 15 heavy (non-hydrogen) atoms. The van der Waals surface area contributed by atoms with Gasteiger partial charge in [-0.1, -0.05) is 0 Å². The Hall–Kier alpha value is -1.43. The number of nitrogens with zero attached hydrogens (tertiary/aromatic N) is 3. The summed E-state index contributed by atoms with van der Waals surface area (Å²) in [4.78, 5) is 13.7. The summed E-state index contributed by atoms with van der Waals surface area (Å²) in [6.45, 7) is 1.58. The summed E-state index contributed by atoms with van der Waals surface area (Å²) in [5.41, 5.74) is 0.401. The van der Waals surface area contributed by atoms with Crippen molar-refractivity contribution < 1.29 is 4.79 Å². The molecule has 1 amide bonds. The van der Waals surface area contributed by atoms with Gasteiger partial charge in [-0.25, -0.2) is 0 Å². The van der Waals surface area contributed by atoms with Crippen molar-refractivity contribution >= 4 is 5.91 Å². The van der Waals surface area contributed by atoms with Crippen molar-refractivity contribution in [3.8, 4) is 0 Å². The van der Waals surface area contributed by atoms with Gasteiger partial charge in [-0.15, -0.1) is 0 Å². The van der Waals surface area contributed by atoms with Crippen LogP contribution in [-0.4, -0.2) is 52.4 Å². The van der Waals surface area contributed by atoms with Crippen LogP contribution in [0.3, 0.4) is 0 Å². The Morgan fingerprint density at radius 3 is 2.87 bits per heavy atom. The van der Waals surface area contributed by atoms with E-state index < -0.39 is 0 Å². The number of nitrogens with one attached hydrogen (secondary N) is 2. The Balaban J connectivity index is 1.93. The number of carbonyl (C=O) groups excluding carboxylic acids is 1. The zero-order chi connectivity index (χ0) is 10.7. The average molecular weight is 209 g/mol. The fourth-order valence-corrected chi connectivity index (χ4v) is 1.84. The van der Waals surface area contributed by atoms with Crippen molar-refractivity contribution in [3.63, 3.8) is 0 Å². The van der Waals surface area contributed by atoms with E-state index in [1.165, 1.54) is 6.20 Å². The van der Waals surface area contributed by atoms with Gasteiger partial charge in [0.2, 0.25) is 0 Å². The number of hydrogen-bond acceptors (Lipinski definition) is 4. The molecule has 1 aliphatic rings. The molecule has 82 valence electrons. The monoisotopic (exact) mass is 209 g/mol. The quantitative estimate of drug-likeness (QED) is 0.697. The molecular formula is C9H15N5O. The molecule has 0 aromatic carbocycles. The molecule has 6 heteroatoms. The van der Waals surface area contributed by atoms with Crippen LogP contribution in [0, 0.1) is 0 Å². The molecule has 0 unspecified atom stereocenters. The summed E-state index contributed by atoms with van der Waals surface area (Å²) in [7, 11) is 1.96. The van der Waals surface area contributed by atoms with Crippen LogP contribution in [0.4, 0.5) is 0 Å². The highest BCUT2D eigenvalue weighted by Crippen LogP contribution is 2.11. The van der Waals surface area contributed by atoms with E-state index in [-0.39, 0.29) is 5.91 Å². The number of piperidine rings is 1. The number of amides is 1. The predicted molar refractivity (Wildman–Crippen MR) is 54.4 cm³/mol. The maximum absolute atomic E-state index is 11.8. The number of H-pyrrole nitrogens is 1. The number of carbonyl (C=O) groups is 1. The molecular weight excluding hydrogens is 194 g/mol. The number of likely N-dealkylation sites (tertiary alicyclic amines) is 1. The van der Waals surface area contributed by atoms with Gasteiger partial charge in [0.1, 0.15) is 0 Å². The fourth-order valence-electron chi connectivity index (χ4n) is 1.84. The topological polar surface area (TPSA) is 73.9 Å². The van der Waals surface area contributed by atoms with Crippen molar-refractivity contribution in [2.24, 2.45) is 0 Å². The Kier molecular flexibility index (Phi) is 2.96. The van der Waals surface area contributed by atoms with Gasteiger partial charge in [-0.05, 0) is 19.9 Å². The SMILES string of the molecule is CNC1CCN(C(=O)c2cn[nH]n2)CC1. The molecule has 2 heterocycles. The molecule has 1 aromatic heterocycles. The van der Waals surface area contributed by atoms with Crippen LogP contribution < -0.4 is 5.32 Å². The summed E-state index contributed by atoms with van der Waals surface area (Å²) in [5, 5.41) is 13.1. The first kappa shape index (κ1) is 10.1. The van der Waals surface area contributed by atoms with E-state index in [0.29, 0.717) is 11.7 Å². The highest BCUT2D eigenvalue weighted by Gasteiger charge is 2.23. The maximum atomic E-state index is 11.8. The van der Waals surface area contributed by atoms with Gasteiger partial charge in [-0.2, -0.15) is 15.4 Å². The van der Waals surface area contributed by atoms with E-state index in [1.807, 2.05) is 11.9 Å². The van der Waals surface area contributed by atoms with E-state index in [2.05, 4.69) is 20.7 Å². The van der Waals surface area contributed by atoms with Gasteiger partial charge in [0.25, 0.3) is 5.91 Å². The largest absolute Gasteiger partial charge is 0.337 e. The molecule has 2 N–H and O–H groups in total. The second-order valence-corrected chi connectivity index (χ2v) is 3.71. The molecule has 0 bridgehead atoms. The lowest BCUT2D eigenvalue weighted by Crippen LogP contribution is -2.44. The van der Waals surface area contributed by atoms with Crippen LogP contribution in [0.15, 0.2) is 6.20 Å². The number of aromatic amines is 1.